The molecule has 0 spiro atoms. The summed E-state index contributed by atoms with van der Waals surface area (Å²) >= 11 is 0. The van der Waals surface area contributed by atoms with Gasteiger partial charge in [-0.15, -0.1) is 0 Å². The van der Waals surface area contributed by atoms with Crippen LogP contribution in [0.25, 0.3) is 0 Å². The molecule has 1 aromatic carbocycles. The Kier molecular flexibility index (Phi) is 4.62. The zero-order valence-electron chi connectivity index (χ0n) is 12.9. The van der Waals surface area contributed by atoms with Crippen LogP contribution in [0.2, 0.25) is 0 Å². The molecule has 2 aromatic rings. The van der Waals surface area contributed by atoms with Crippen molar-refractivity contribution in [2.24, 2.45) is 0 Å². The highest BCUT2D eigenvalue weighted by Crippen LogP contribution is 2.24. The van der Waals surface area contributed by atoms with E-state index in [0.717, 1.165) is 18.5 Å². The SMILES string of the molecule is C[C@@H](N[C@@H]1CCCN(c2ccccc2F)C1=O)c1cnccn1. The van der Waals surface area contributed by atoms with Gasteiger partial charge in [0.15, 0.2) is 0 Å². The molecule has 1 aromatic heterocycles. The van der Waals surface area contributed by atoms with Gasteiger partial charge >= 0.3 is 0 Å². The van der Waals surface area contributed by atoms with Gasteiger partial charge in [0.25, 0.3) is 0 Å². The number of carbonyl (C=O) groups excluding carboxylic acids is 1. The molecule has 0 unspecified atom stereocenters. The third-order valence-electron chi connectivity index (χ3n) is 4.06. The second-order valence-corrected chi connectivity index (χ2v) is 5.65. The maximum atomic E-state index is 14.0. The summed E-state index contributed by atoms with van der Waals surface area (Å²) in [6, 6.07) is 5.94. The predicted molar refractivity (Wildman–Crippen MR) is 85.4 cm³/mol. The van der Waals surface area contributed by atoms with Crippen molar-refractivity contribution in [1.29, 1.82) is 0 Å². The minimum atomic E-state index is -0.372. The Hall–Kier alpha value is -2.34. The quantitative estimate of drug-likeness (QED) is 0.942. The third kappa shape index (κ3) is 3.37. The average molecular weight is 314 g/mol. The molecule has 1 aliphatic rings. The number of para-hydroxylation sites is 1. The van der Waals surface area contributed by atoms with E-state index in [0.29, 0.717) is 12.2 Å². The van der Waals surface area contributed by atoms with Crippen molar-refractivity contribution in [3.8, 4) is 0 Å². The summed E-state index contributed by atoms with van der Waals surface area (Å²) in [5, 5.41) is 3.29. The molecule has 2 heterocycles. The van der Waals surface area contributed by atoms with Crippen molar-refractivity contribution in [3.63, 3.8) is 0 Å². The normalized spacial score (nSPS) is 19.7. The van der Waals surface area contributed by atoms with Crippen LogP contribution in [0.1, 0.15) is 31.5 Å². The second kappa shape index (κ2) is 6.83. The lowest BCUT2D eigenvalue weighted by Crippen LogP contribution is -2.51. The van der Waals surface area contributed by atoms with Gasteiger partial charge in [-0.25, -0.2) is 4.39 Å². The lowest BCUT2D eigenvalue weighted by atomic mass is 10.0. The predicted octanol–water partition coefficient (Wildman–Crippen LogP) is 2.46. The van der Waals surface area contributed by atoms with Crippen LogP contribution in [-0.4, -0.2) is 28.5 Å². The van der Waals surface area contributed by atoms with Crippen LogP contribution in [0, 0.1) is 5.82 Å². The molecule has 1 amide bonds. The third-order valence-corrected chi connectivity index (χ3v) is 4.06. The van der Waals surface area contributed by atoms with Crippen molar-refractivity contribution in [2.45, 2.75) is 31.8 Å². The van der Waals surface area contributed by atoms with Gasteiger partial charge < -0.3 is 4.90 Å². The van der Waals surface area contributed by atoms with Crippen LogP contribution in [0.4, 0.5) is 10.1 Å². The number of amides is 1. The molecule has 23 heavy (non-hydrogen) atoms. The Labute approximate surface area is 134 Å². The molecular formula is C17H19FN4O. The first-order valence-corrected chi connectivity index (χ1v) is 7.74. The molecule has 3 rings (SSSR count). The molecule has 0 saturated carbocycles. The number of halogens is 1. The number of nitrogens with one attached hydrogen (secondary N) is 1. The van der Waals surface area contributed by atoms with Gasteiger partial charge in [0, 0.05) is 31.2 Å². The topological polar surface area (TPSA) is 58.1 Å². The van der Waals surface area contributed by atoms with Gasteiger partial charge in [0.2, 0.25) is 5.91 Å². The Bertz CT molecular complexity index is 679. The number of hydrogen-bond acceptors (Lipinski definition) is 4. The van der Waals surface area contributed by atoms with Crippen LogP contribution in [-0.2, 0) is 4.79 Å². The Morgan fingerprint density at radius 3 is 2.91 bits per heavy atom. The standard InChI is InChI=1S/C17H19FN4O/c1-12(15-11-19-8-9-20-15)21-14-6-4-10-22(17(14)23)16-7-3-2-5-13(16)18/h2-3,5,7-9,11-12,14,21H,4,6,10H2,1H3/t12-,14-/m1/s1. The zero-order valence-corrected chi connectivity index (χ0v) is 12.9. The largest absolute Gasteiger partial charge is 0.308 e. The number of piperidine rings is 1. The number of rotatable bonds is 4. The smallest absolute Gasteiger partial charge is 0.244 e. The molecule has 0 bridgehead atoms. The number of benzene rings is 1. The highest BCUT2D eigenvalue weighted by atomic mass is 19.1. The van der Waals surface area contributed by atoms with Gasteiger partial charge in [-0.2, -0.15) is 0 Å². The summed E-state index contributed by atoms with van der Waals surface area (Å²) in [7, 11) is 0. The van der Waals surface area contributed by atoms with Gasteiger partial charge in [-0.1, -0.05) is 12.1 Å². The summed E-state index contributed by atoms with van der Waals surface area (Å²) in [6.45, 7) is 2.48. The van der Waals surface area contributed by atoms with Crippen LogP contribution in [0.3, 0.4) is 0 Å². The minimum absolute atomic E-state index is 0.0989. The number of anilines is 1. The molecule has 0 aliphatic carbocycles. The first-order chi connectivity index (χ1) is 11.2. The number of hydrogen-bond donors (Lipinski definition) is 1. The van der Waals surface area contributed by atoms with Gasteiger partial charge in [-0.3, -0.25) is 20.1 Å². The van der Waals surface area contributed by atoms with E-state index in [1.807, 2.05) is 6.92 Å². The molecule has 1 aliphatic heterocycles. The summed E-state index contributed by atoms with van der Waals surface area (Å²) in [4.78, 5) is 22.5. The molecule has 1 fully saturated rings. The van der Waals surface area contributed by atoms with E-state index in [1.165, 1.54) is 11.0 Å². The molecule has 0 radical (unpaired) electrons. The number of nitrogens with zero attached hydrogens (tertiary/aromatic N) is 3. The highest BCUT2D eigenvalue weighted by Gasteiger charge is 2.31. The minimum Gasteiger partial charge on any atom is -0.308 e. The number of aromatic nitrogens is 2. The summed E-state index contributed by atoms with van der Waals surface area (Å²) in [5.41, 5.74) is 1.12. The summed E-state index contributed by atoms with van der Waals surface area (Å²) < 4.78 is 14.0. The van der Waals surface area contributed by atoms with Crippen molar-refractivity contribution in [2.75, 3.05) is 11.4 Å². The first-order valence-electron chi connectivity index (χ1n) is 7.74. The van der Waals surface area contributed by atoms with Crippen LogP contribution in [0.5, 0.6) is 0 Å². The highest BCUT2D eigenvalue weighted by molar-refractivity contribution is 5.98. The Balaban J connectivity index is 1.74. The average Bonchev–Trinajstić information content (AvgIpc) is 2.58. The van der Waals surface area contributed by atoms with Crippen LogP contribution >= 0.6 is 0 Å². The molecule has 1 saturated heterocycles. The van der Waals surface area contributed by atoms with Crippen LogP contribution < -0.4 is 10.2 Å². The van der Waals surface area contributed by atoms with Gasteiger partial charge in [-0.05, 0) is 31.9 Å². The van der Waals surface area contributed by atoms with Crippen molar-refractivity contribution in [1.82, 2.24) is 15.3 Å². The molecule has 6 heteroatoms. The zero-order chi connectivity index (χ0) is 16.2. The van der Waals surface area contributed by atoms with E-state index in [1.54, 1.807) is 36.8 Å². The van der Waals surface area contributed by atoms with Crippen molar-refractivity contribution in [3.05, 3.63) is 54.4 Å². The monoisotopic (exact) mass is 314 g/mol. The van der Waals surface area contributed by atoms with Crippen LogP contribution in [0.15, 0.2) is 42.9 Å². The number of carbonyl (C=O) groups is 1. The molecule has 120 valence electrons. The second-order valence-electron chi connectivity index (χ2n) is 5.65. The molecule has 1 N–H and O–H groups in total. The van der Waals surface area contributed by atoms with Crippen molar-refractivity contribution < 1.29 is 9.18 Å². The fourth-order valence-electron chi connectivity index (χ4n) is 2.86. The van der Waals surface area contributed by atoms with E-state index < -0.39 is 0 Å². The van der Waals surface area contributed by atoms with Gasteiger partial charge in [0.1, 0.15) is 5.82 Å². The van der Waals surface area contributed by atoms with E-state index in [9.17, 15) is 9.18 Å². The van der Waals surface area contributed by atoms with E-state index >= 15 is 0 Å². The molecule has 5 nitrogen and oxygen atoms in total. The fourth-order valence-corrected chi connectivity index (χ4v) is 2.86. The van der Waals surface area contributed by atoms with E-state index in [4.69, 9.17) is 0 Å². The first kappa shape index (κ1) is 15.6. The van der Waals surface area contributed by atoms with E-state index in [2.05, 4.69) is 15.3 Å². The lowest BCUT2D eigenvalue weighted by Gasteiger charge is -2.34. The van der Waals surface area contributed by atoms with Gasteiger partial charge in [0.05, 0.1) is 17.4 Å². The Morgan fingerprint density at radius 1 is 1.35 bits per heavy atom. The maximum absolute atomic E-state index is 14.0. The summed E-state index contributed by atoms with van der Waals surface area (Å²) in [5.74, 6) is -0.472. The fraction of sp³-hybridized carbons (Fsp3) is 0.353. The van der Waals surface area contributed by atoms with E-state index in [-0.39, 0.29) is 23.8 Å². The lowest BCUT2D eigenvalue weighted by molar-refractivity contribution is -0.122. The Morgan fingerprint density at radius 2 is 2.17 bits per heavy atom. The maximum Gasteiger partial charge on any atom is 0.244 e. The molecular weight excluding hydrogens is 295 g/mol. The van der Waals surface area contributed by atoms with Crippen molar-refractivity contribution >= 4 is 11.6 Å². The summed E-state index contributed by atoms with van der Waals surface area (Å²) in [6.07, 6.45) is 6.47. The molecule has 2 atom stereocenters.